The maximum atomic E-state index is 12.8. The number of aryl methyl sites for hydroxylation is 2. The molecule has 0 bridgehead atoms. The van der Waals surface area contributed by atoms with E-state index in [0.29, 0.717) is 28.3 Å². The molecule has 6 rings (SSSR count). The zero-order valence-corrected chi connectivity index (χ0v) is 24.3. The number of nitrogens with zero attached hydrogens (tertiary/aromatic N) is 1. The van der Waals surface area contributed by atoms with E-state index in [9.17, 15) is 14.4 Å². The molecule has 0 saturated carbocycles. The molecule has 0 unspecified atom stereocenters. The van der Waals surface area contributed by atoms with Crippen LogP contribution in [0.5, 0.6) is 0 Å². The van der Waals surface area contributed by atoms with Gasteiger partial charge >= 0.3 is 11.9 Å². The summed E-state index contributed by atoms with van der Waals surface area (Å²) in [7, 11) is 2.76. The van der Waals surface area contributed by atoms with Crippen LogP contribution in [0.3, 0.4) is 0 Å². The van der Waals surface area contributed by atoms with Crippen molar-refractivity contribution in [3.05, 3.63) is 112 Å². The Labute approximate surface area is 253 Å². The van der Waals surface area contributed by atoms with Crippen LogP contribution in [0.2, 0.25) is 5.02 Å². The van der Waals surface area contributed by atoms with Gasteiger partial charge in [0, 0.05) is 12.6 Å². The summed E-state index contributed by atoms with van der Waals surface area (Å²) in [5.41, 5.74) is 13.1. The van der Waals surface area contributed by atoms with Crippen LogP contribution in [-0.2, 0) is 28.9 Å². The van der Waals surface area contributed by atoms with Gasteiger partial charge in [0.2, 0.25) is 0 Å². The number of carbonyl (C=O) groups is 3. The number of carbonyl (C=O) groups excluding carboxylic acids is 3. The van der Waals surface area contributed by atoms with Gasteiger partial charge in [0.1, 0.15) is 0 Å². The molecule has 0 saturated heterocycles. The predicted octanol–water partition coefficient (Wildman–Crippen LogP) is 6.70. The molecule has 0 spiro atoms. The third-order valence-corrected chi connectivity index (χ3v) is 7.91. The van der Waals surface area contributed by atoms with Crippen molar-refractivity contribution in [3.63, 3.8) is 0 Å². The Balaban J connectivity index is 0.000000300. The van der Waals surface area contributed by atoms with Crippen LogP contribution in [0.1, 0.15) is 91.2 Å². The summed E-state index contributed by atoms with van der Waals surface area (Å²) in [5.74, 6) is -0.689. The zero-order valence-electron chi connectivity index (χ0n) is 22.7. The van der Waals surface area contributed by atoms with Crippen LogP contribution in [0.25, 0.3) is 0 Å². The molecule has 1 heterocycles. The number of ether oxygens (including phenoxy) is 2. The van der Waals surface area contributed by atoms with Gasteiger partial charge in [-0.05, 0) is 83.8 Å². The average Bonchev–Trinajstić information content (AvgIpc) is 3.63. The minimum atomic E-state index is -0.359. The maximum Gasteiger partial charge on any atom is 0.337 e. The van der Waals surface area contributed by atoms with Crippen molar-refractivity contribution in [2.75, 3.05) is 14.2 Å². The number of hydrogen-bond donors (Lipinski definition) is 1. The fraction of sp³-hybridized carbons (Fsp3) is 0.312. The largest absolute Gasteiger partial charge is 0.465 e. The highest BCUT2D eigenvalue weighted by molar-refractivity contribution is 6.34. The van der Waals surface area contributed by atoms with Crippen LogP contribution >= 0.6 is 24.0 Å². The number of rotatable bonds is 3. The number of fused-ring (bicyclic) bond motifs is 3. The molecular weight excluding hydrogens is 563 g/mol. The molecule has 1 amide bonds. The first kappa shape index (κ1) is 33.8. The van der Waals surface area contributed by atoms with Crippen molar-refractivity contribution in [2.45, 2.75) is 51.7 Å². The molecule has 3 aromatic rings. The molecule has 1 aliphatic heterocycles. The van der Waals surface area contributed by atoms with Crippen LogP contribution in [0, 0.1) is 7.43 Å². The van der Waals surface area contributed by atoms with Gasteiger partial charge in [0.05, 0.1) is 42.0 Å². The van der Waals surface area contributed by atoms with E-state index in [4.69, 9.17) is 22.1 Å². The summed E-state index contributed by atoms with van der Waals surface area (Å²) in [6.45, 7) is 0.557. The van der Waals surface area contributed by atoms with E-state index in [1.54, 1.807) is 18.2 Å². The highest BCUT2D eigenvalue weighted by Crippen LogP contribution is 2.41. The smallest absolute Gasteiger partial charge is 0.337 e. The van der Waals surface area contributed by atoms with E-state index in [-0.39, 0.29) is 57.2 Å². The summed E-state index contributed by atoms with van der Waals surface area (Å²) < 4.78 is 9.46. The van der Waals surface area contributed by atoms with E-state index < -0.39 is 0 Å². The molecule has 0 aromatic heterocycles. The second-order valence-corrected chi connectivity index (χ2v) is 10.1. The Hall–Kier alpha value is -3.39. The number of halogens is 2. The van der Waals surface area contributed by atoms with E-state index in [1.807, 2.05) is 41.3 Å². The van der Waals surface area contributed by atoms with Gasteiger partial charge in [-0.3, -0.25) is 4.79 Å². The second-order valence-electron chi connectivity index (χ2n) is 9.72. The minimum absolute atomic E-state index is 0. The zero-order chi connectivity index (χ0) is 27.0. The fourth-order valence-electron chi connectivity index (χ4n) is 5.62. The van der Waals surface area contributed by atoms with Gasteiger partial charge in [0.25, 0.3) is 5.91 Å². The first-order valence-electron chi connectivity index (χ1n) is 12.6. The number of esters is 2. The maximum absolute atomic E-state index is 12.8. The lowest BCUT2D eigenvalue weighted by atomic mass is 10.0. The third kappa shape index (κ3) is 6.43. The lowest BCUT2D eigenvalue weighted by molar-refractivity contribution is 0.0591. The lowest BCUT2D eigenvalue weighted by Gasteiger charge is -2.25. The summed E-state index contributed by atoms with van der Waals surface area (Å²) in [6, 6.07) is 16.8. The minimum Gasteiger partial charge on any atom is -0.465 e. The van der Waals surface area contributed by atoms with Gasteiger partial charge in [-0.25, -0.2) is 9.59 Å². The first-order chi connectivity index (χ1) is 18.3. The predicted molar refractivity (Wildman–Crippen MR) is 164 cm³/mol. The van der Waals surface area contributed by atoms with E-state index in [1.165, 1.54) is 25.3 Å². The van der Waals surface area contributed by atoms with Gasteiger partial charge in [-0.15, -0.1) is 12.4 Å². The molecule has 0 fully saturated rings. The second kappa shape index (κ2) is 14.0. The van der Waals surface area contributed by atoms with Crippen LogP contribution < -0.4 is 5.73 Å². The quantitative estimate of drug-likeness (QED) is 0.266. The lowest BCUT2D eigenvalue weighted by Crippen LogP contribution is -2.28. The molecule has 2 N–H and O–H groups in total. The fourth-order valence-corrected chi connectivity index (χ4v) is 5.89. The monoisotopic (exact) mass is 599 g/mol. The molecular formula is C32H37Cl2N2O5-. The number of nitrogens with two attached hydrogens (primary N) is 1. The van der Waals surface area contributed by atoms with E-state index in [0.717, 1.165) is 42.4 Å². The molecule has 3 aliphatic rings. The van der Waals surface area contributed by atoms with Gasteiger partial charge < -0.3 is 27.5 Å². The van der Waals surface area contributed by atoms with Crippen molar-refractivity contribution < 1.29 is 23.9 Å². The summed E-state index contributed by atoms with van der Waals surface area (Å²) in [5, 5.41) is 0.501. The van der Waals surface area contributed by atoms with Crippen molar-refractivity contribution in [1.82, 2.24) is 4.90 Å². The standard InChI is InChI=1S/C19H16ClNO3.C11H13NO2.CH4.CH3.ClH/c1-24-19(23)12-6-5-11-7-8-16(14(11)9-12)21-10-13-3-2-4-15(20)17(13)18(21)22;1-14-11(13)8-3-2-7-4-5-10(12)9(7)6-8;;;/h2-6,9,16H,7-8,10H2,1H3;2-3,6,10H,4-5,12H2,1H3;1H4;1H3;1H/q;;;-1;/t16-;10-;;;/m11.../s1. The van der Waals surface area contributed by atoms with Crippen molar-refractivity contribution in [3.8, 4) is 0 Å². The Morgan fingerprint density at radius 1 is 0.878 bits per heavy atom. The Kier molecular flexibility index (Phi) is 11.5. The van der Waals surface area contributed by atoms with Gasteiger partial charge in [-0.1, -0.05) is 43.3 Å². The Morgan fingerprint density at radius 2 is 1.44 bits per heavy atom. The van der Waals surface area contributed by atoms with Gasteiger partial charge in [0.15, 0.2) is 0 Å². The number of hydrogen-bond acceptors (Lipinski definition) is 6. The molecule has 41 heavy (non-hydrogen) atoms. The molecule has 2 aliphatic carbocycles. The van der Waals surface area contributed by atoms with Crippen LogP contribution in [0.15, 0.2) is 54.6 Å². The third-order valence-electron chi connectivity index (χ3n) is 7.60. The normalized spacial score (nSPS) is 17.4. The molecule has 0 radical (unpaired) electrons. The van der Waals surface area contributed by atoms with E-state index >= 15 is 0 Å². The highest BCUT2D eigenvalue weighted by atomic mass is 35.5. The van der Waals surface area contributed by atoms with Crippen LogP contribution in [0.4, 0.5) is 0 Å². The first-order valence-corrected chi connectivity index (χ1v) is 13.0. The SMILES string of the molecule is C.COC(=O)c1ccc2c(c1)[C@H](N)CC2.COC(=O)c1ccc2c(c1)[C@H](N1Cc3cccc(Cl)c3C1=O)CC2.Cl.[CH3-]. The van der Waals surface area contributed by atoms with E-state index in [2.05, 4.69) is 4.74 Å². The number of benzene rings is 3. The molecule has 220 valence electrons. The Morgan fingerprint density at radius 3 is 2.02 bits per heavy atom. The molecule has 2 atom stereocenters. The number of methoxy groups -OCH3 is 2. The Bertz CT molecular complexity index is 1440. The molecule has 3 aromatic carbocycles. The van der Waals surface area contributed by atoms with Crippen molar-refractivity contribution in [2.24, 2.45) is 5.73 Å². The van der Waals surface area contributed by atoms with Crippen molar-refractivity contribution >= 4 is 41.9 Å². The molecule has 9 heteroatoms. The summed E-state index contributed by atoms with van der Waals surface area (Å²) in [4.78, 5) is 37.8. The van der Waals surface area contributed by atoms with Crippen LogP contribution in [-0.4, -0.2) is 37.0 Å². The highest BCUT2D eigenvalue weighted by Gasteiger charge is 2.38. The topological polar surface area (TPSA) is 98.9 Å². The van der Waals surface area contributed by atoms with Crippen molar-refractivity contribution in [1.29, 1.82) is 0 Å². The summed E-state index contributed by atoms with van der Waals surface area (Å²) in [6.07, 6.45) is 3.74. The van der Waals surface area contributed by atoms with Gasteiger partial charge in [-0.2, -0.15) is 0 Å². The average molecular weight is 601 g/mol. The number of amides is 1. The molecule has 7 nitrogen and oxygen atoms in total. The summed E-state index contributed by atoms with van der Waals surface area (Å²) >= 11 is 6.21.